The average Bonchev–Trinajstić information content (AvgIpc) is 3.17. The Balaban J connectivity index is 1.71. The molecule has 1 amide bonds. The van der Waals surface area contributed by atoms with Gasteiger partial charge in [-0.1, -0.05) is 0 Å². The molecule has 0 spiro atoms. The van der Waals surface area contributed by atoms with Gasteiger partial charge in [0.2, 0.25) is 11.9 Å². The van der Waals surface area contributed by atoms with Crippen LogP contribution in [-0.4, -0.2) is 27.2 Å². The van der Waals surface area contributed by atoms with Crippen LogP contribution in [0.4, 0.5) is 34.9 Å². The van der Waals surface area contributed by atoms with Gasteiger partial charge in [0.05, 0.1) is 12.2 Å². The summed E-state index contributed by atoms with van der Waals surface area (Å²) in [7, 11) is 0. The Morgan fingerprint density at radius 3 is 2.41 bits per heavy atom. The van der Waals surface area contributed by atoms with Crippen molar-refractivity contribution in [2.24, 2.45) is 0 Å². The lowest BCUT2D eigenvalue weighted by molar-refractivity contribution is -0.117. The number of rotatable bonds is 5. The minimum atomic E-state index is -1.61. The van der Waals surface area contributed by atoms with Crippen LogP contribution in [0.3, 0.4) is 0 Å². The standard InChI is InChI=1S/C21H17F4N5O2/c1-11-20(32)27-21(30(28-11)10-12-7-15(23)19(25)16(24)8-12)26-17-9-13(4-5-14(17)22)29-6-2-3-18(29)31/h4-5,7-9H,2-3,6,10H2,1H3,(H,26,27,32). The smallest absolute Gasteiger partial charge is 0.296 e. The molecule has 1 N–H and O–H groups in total. The molecule has 1 aromatic heterocycles. The number of amides is 1. The molecule has 2 heterocycles. The second kappa shape index (κ2) is 8.40. The molecule has 2 aromatic carbocycles. The SMILES string of the molecule is Cc1nn(Cc2cc(F)c(F)c(F)c2)c(Nc2cc(N3CCCC3=O)ccc2F)nc1=O. The lowest BCUT2D eigenvalue weighted by Gasteiger charge is -2.18. The van der Waals surface area contributed by atoms with Gasteiger partial charge in [-0.3, -0.25) is 9.59 Å². The largest absolute Gasteiger partial charge is 0.322 e. The fourth-order valence-electron chi connectivity index (χ4n) is 3.40. The first-order valence-electron chi connectivity index (χ1n) is 9.69. The van der Waals surface area contributed by atoms with Crippen LogP contribution in [0.5, 0.6) is 0 Å². The lowest BCUT2D eigenvalue weighted by Crippen LogP contribution is -2.24. The number of halogens is 4. The van der Waals surface area contributed by atoms with Gasteiger partial charge in [0.1, 0.15) is 11.5 Å². The van der Waals surface area contributed by atoms with Crippen molar-refractivity contribution < 1.29 is 22.4 Å². The molecular formula is C21H17F4N5O2. The summed E-state index contributed by atoms with van der Waals surface area (Å²) in [5, 5.41) is 6.70. The number of benzene rings is 2. The van der Waals surface area contributed by atoms with E-state index >= 15 is 0 Å². The highest BCUT2D eigenvalue weighted by Gasteiger charge is 2.23. The highest BCUT2D eigenvalue weighted by atomic mass is 19.2. The predicted molar refractivity (Wildman–Crippen MR) is 108 cm³/mol. The topological polar surface area (TPSA) is 80.1 Å². The fraction of sp³-hybridized carbons (Fsp3) is 0.238. The predicted octanol–water partition coefficient (Wildman–Crippen LogP) is 3.42. The number of hydrogen-bond donors (Lipinski definition) is 1. The van der Waals surface area contributed by atoms with Crippen LogP contribution in [0, 0.1) is 30.2 Å². The molecule has 0 aliphatic carbocycles. The number of carbonyl (C=O) groups is 1. The summed E-state index contributed by atoms with van der Waals surface area (Å²) < 4.78 is 56.1. The number of anilines is 3. The molecule has 0 bridgehead atoms. The van der Waals surface area contributed by atoms with Gasteiger partial charge in [-0.15, -0.1) is 0 Å². The molecule has 1 aliphatic rings. The Bertz CT molecular complexity index is 1250. The molecule has 7 nitrogen and oxygen atoms in total. The molecule has 1 fully saturated rings. The number of carbonyl (C=O) groups excluding carboxylic acids is 1. The van der Waals surface area contributed by atoms with Crippen molar-refractivity contribution in [3.05, 3.63) is 75.2 Å². The zero-order valence-electron chi connectivity index (χ0n) is 16.8. The van der Waals surface area contributed by atoms with Gasteiger partial charge >= 0.3 is 0 Å². The molecule has 1 aliphatic heterocycles. The molecule has 0 radical (unpaired) electrons. The van der Waals surface area contributed by atoms with Crippen molar-refractivity contribution in [2.45, 2.75) is 26.3 Å². The van der Waals surface area contributed by atoms with Crippen molar-refractivity contribution in [3.8, 4) is 0 Å². The Labute approximate surface area is 179 Å². The van der Waals surface area contributed by atoms with E-state index in [9.17, 15) is 27.2 Å². The van der Waals surface area contributed by atoms with E-state index in [4.69, 9.17) is 0 Å². The highest BCUT2D eigenvalue weighted by Crippen LogP contribution is 2.28. The molecule has 0 saturated carbocycles. The summed E-state index contributed by atoms with van der Waals surface area (Å²) >= 11 is 0. The van der Waals surface area contributed by atoms with Crippen molar-refractivity contribution in [1.29, 1.82) is 0 Å². The first-order chi connectivity index (χ1) is 15.2. The molecule has 166 valence electrons. The van der Waals surface area contributed by atoms with E-state index in [1.807, 2.05) is 0 Å². The monoisotopic (exact) mass is 447 g/mol. The quantitative estimate of drug-likeness (QED) is 0.479. The Morgan fingerprint density at radius 2 is 1.75 bits per heavy atom. The van der Waals surface area contributed by atoms with Crippen LogP contribution in [0.1, 0.15) is 24.1 Å². The maximum atomic E-state index is 14.5. The lowest BCUT2D eigenvalue weighted by atomic mass is 10.2. The van der Waals surface area contributed by atoms with Crippen molar-refractivity contribution >= 4 is 23.2 Å². The van der Waals surface area contributed by atoms with Gasteiger partial charge < -0.3 is 10.2 Å². The van der Waals surface area contributed by atoms with Gasteiger partial charge in [0, 0.05) is 18.7 Å². The van der Waals surface area contributed by atoms with Gasteiger partial charge in [-0.2, -0.15) is 10.1 Å². The molecule has 0 unspecified atom stereocenters. The summed E-state index contributed by atoms with van der Waals surface area (Å²) in [5.74, 6) is -5.33. The molecule has 3 aromatic rings. The van der Waals surface area contributed by atoms with E-state index in [-0.39, 0.29) is 35.3 Å². The molecule has 0 atom stereocenters. The normalized spacial score (nSPS) is 13.7. The summed E-state index contributed by atoms with van der Waals surface area (Å²) in [4.78, 5) is 29.4. The maximum Gasteiger partial charge on any atom is 0.296 e. The van der Waals surface area contributed by atoms with Gasteiger partial charge in [-0.25, -0.2) is 22.2 Å². The zero-order chi connectivity index (χ0) is 23.0. The molecule has 1 saturated heterocycles. The van der Waals surface area contributed by atoms with E-state index in [1.165, 1.54) is 24.0 Å². The van der Waals surface area contributed by atoms with Crippen LogP contribution in [0.25, 0.3) is 0 Å². The summed E-state index contributed by atoms with van der Waals surface area (Å²) in [6.45, 7) is 1.61. The molecule has 4 rings (SSSR count). The number of aromatic nitrogens is 3. The Hall–Kier alpha value is -3.76. The van der Waals surface area contributed by atoms with Crippen molar-refractivity contribution in [3.63, 3.8) is 0 Å². The summed E-state index contributed by atoms with van der Waals surface area (Å²) in [6.07, 6.45) is 1.08. The van der Waals surface area contributed by atoms with E-state index in [1.54, 1.807) is 0 Å². The maximum absolute atomic E-state index is 14.5. The number of hydrogen-bond acceptors (Lipinski definition) is 5. The number of nitrogens with one attached hydrogen (secondary N) is 1. The minimum absolute atomic E-state index is 0.00417. The van der Waals surface area contributed by atoms with Crippen molar-refractivity contribution in [2.75, 3.05) is 16.8 Å². The Kier molecular flexibility index (Phi) is 5.64. The second-order valence-corrected chi connectivity index (χ2v) is 7.30. The van der Waals surface area contributed by atoms with E-state index in [0.29, 0.717) is 25.1 Å². The molecule has 32 heavy (non-hydrogen) atoms. The van der Waals surface area contributed by atoms with Gasteiger partial charge in [0.25, 0.3) is 5.56 Å². The van der Waals surface area contributed by atoms with Gasteiger partial charge in [-0.05, 0) is 49.2 Å². The van der Waals surface area contributed by atoms with Gasteiger partial charge in [0.15, 0.2) is 17.5 Å². The second-order valence-electron chi connectivity index (χ2n) is 7.30. The van der Waals surface area contributed by atoms with Crippen LogP contribution < -0.4 is 15.8 Å². The molecule has 11 heteroatoms. The highest BCUT2D eigenvalue weighted by molar-refractivity contribution is 5.95. The minimum Gasteiger partial charge on any atom is -0.322 e. The van der Waals surface area contributed by atoms with Crippen LogP contribution in [-0.2, 0) is 11.3 Å². The van der Waals surface area contributed by atoms with E-state index < -0.39 is 28.8 Å². The first-order valence-corrected chi connectivity index (χ1v) is 9.69. The average molecular weight is 447 g/mol. The summed E-state index contributed by atoms with van der Waals surface area (Å²) in [6, 6.07) is 5.60. The van der Waals surface area contributed by atoms with Crippen molar-refractivity contribution in [1.82, 2.24) is 14.8 Å². The number of nitrogens with zero attached hydrogens (tertiary/aromatic N) is 4. The third-order valence-electron chi connectivity index (χ3n) is 4.99. The van der Waals surface area contributed by atoms with Crippen LogP contribution >= 0.6 is 0 Å². The molecular weight excluding hydrogens is 430 g/mol. The Morgan fingerprint density at radius 1 is 1.03 bits per heavy atom. The van der Waals surface area contributed by atoms with Crippen LogP contribution in [0.15, 0.2) is 35.1 Å². The summed E-state index contributed by atoms with van der Waals surface area (Å²) in [5.41, 5.74) is -0.293. The zero-order valence-corrected chi connectivity index (χ0v) is 16.8. The number of aryl methyl sites for hydroxylation is 1. The van der Waals surface area contributed by atoms with Crippen LogP contribution in [0.2, 0.25) is 0 Å². The fourth-order valence-corrected chi connectivity index (χ4v) is 3.40. The van der Waals surface area contributed by atoms with E-state index in [0.717, 1.165) is 22.9 Å². The third kappa shape index (κ3) is 4.18. The third-order valence-corrected chi connectivity index (χ3v) is 4.99. The first kappa shape index (κ1) is 21.5. The van der Waals surface area contributed by atoms with E-state index in [2.05, 4.69) is 15.4 Å².